The fraction of sp³-hybridized carbons (Fsp3) is 0.533. The second-order valence-electron chi connectivity index (χ2n) is 5.49. The minimum atomic E-state index is -0.113. The lowest BCUT2D eigenvalue weighted by atomic mass is 9.85. The summed E-state index contributed by atoms with van der Waals surface area (Å²) in [7, 11) is 0. The van der Waals surface area contributed by atoms with E-state index in [1.54, 1.807) is 12.1 Å². The van der Waals surface area contributed by atoms with Crippen LogP contribution in [-0.4, -0.2) is 12.5 Å². The van der Waals surface area contributed by atoms with Crippen LogP contribution in [0.25, 0.3) is 0 Å². The molecule has 0 aromatic heterocycles. The summed E-state index contributed by atoms with van der Waals surface area (Å²) in [5.74, 6) is 1.43. The Balaban J connectivity index is 2.72. The Kier molecular flexibility index (Phi) is 6.34. The summed E-state index contributed by atoms with van der Waals surface area (Å²) >= 11 is 9.40. The summed E-state index contributed by atoms with van der Waals surface area (Å²) < 4.78 is 0.853. The molecule has 0 aliphatic heterocycles. The van der Waals surface area contributed by atoms with Crippen molar-refractivity contribution in [2.24, 2.45) is 17.8 Å². The summed E-state index contributed by atoms with van der Waals surface area (Å²) in [4.78, 5) is 12.2. The molecule has 1 rings (SSSR count). The van der Waals surface area contributed by atoms with E-state index in [1.807, 2.05) is 6.07 Å². The number of rotatable bonds is 5. The molecule has 2 nitrogen and oxygen atoms in total. The number of hydrogen-bond donors (Lipinski definition) is 1. The van der Waals surface area contributed by atoms with E-state index < -0.39 is 0 Å². The highest BCUT2D eigenvalue weighted by Crippen LogP contribution is 2.22. The van der Waals surface area contributed by atoms with Gasteiger partial charge in [-0.25, -0.2) is 0 Å². The zero-order valence-electron chi connectivity index (χ0n) is 11.8. The van der Waals surface area contributed by atoms with Crippen molar-refractivity contribution in [3.63, 3.8) is 0 Å². The molecule has 0 fully saturated rings. The smallest absolute Gasteiger partial charge is 0.252 e. The molecule has 0 unspecified atom stereocenters. The van der Waals surface area contributed by atoms with Crippen LogP contribution in [0.1, 0.15) is 38.1 Å². The summed E-state index contributed by atoms with van der Waals surface area (Å²) in [5, 5.41) is 3.46. The first-order valence-electron chi connectivity index (χ1n) is 6.56. The Hall–Kier alpha value is -0.540. The average molecular weight is 347 g/mol. The van der Waals surface area contributed by atoms with Gasteiger partial charge in [0, 0.05) is 11.0 Å². The molecule has 0 saturated heterocycles. The lowest BCUT2D eigenvalue weighted by molar-refractivity contribution is 0.0937. The molecule has 0 saturated carbocycles. The lowest BCUT2D eigenvalue weighted by Gasteiger charge is -2.25. The number of carbonyl (C=O) groups is 1. The van der Waals surface area contributed by atoms with E-state index in [0.29, 0.717) is 34.9 Å². The Bertz CT molecular complexity index is 438. The van der Waals surface area contributed by atoms with Crippen LogP contribution in [0.5, 0.6) is 0 Å². The lowest BCUT2D eigenvalue weighted by Crippen LogP contribution is -2.34. The first-order chi connectivity index (χ1) is 8.82. The van der Waals surface area contributed by atoms with Crippen molar-refractivity contribution < 1.29 is 4.79 Å². The van der Waals surface area contributed by atoms with Crippen molar-refractivity contribution >= 4 is 33.4 Å². The van der Waals surface area contributed by atoms with Gasteiger partial charge >= 0.3 is 0 Å². The van der Waals surface area contributed by atoms with Crippen LogP contribution < -0.4 is 5.32 Å². The van der Waals surface area contributed by atoms with Crippen molar-refractivity contribution in [1.82, 2.24) is 5.32 Å². The largest absolute Gasteiger partial charge is 0.352 e. The number of hydrogen-bond acceptors (Lipinski definition) is 1. The van der Waals surface area contributed by atoms with E-state index in [2.05, 4.69) is 48.9 Å². The van der Waals surface area contributed by atoms with Crippen LogP contribution in [0.2, 0.25) is 5.02 Å². The Morgan fingerprint density at radius 3 is 2.37 bits per heavy atom. The van der Waals surface area contributed by atoms with E-state index in [0.717, 1.165) is 4.47 Å². The highest BCUT2D eigenvalue weighted by atomic mass is 79.9. The fourth-order valence-electron chi connectivity index (χ4n) is 2.22. The first kappa shape index (κ1) is 16.5. The van der Waals surface area contributed by atoms with Crippen LogP contribution in [-0.2, 0) is 0 Å². The van der Waals surface area contributed by atoms with Gasteiger partial charge in [0.1, 0.15) is 0 Å². The molecule has 0 bridgehead atoms. The summed E-state index contributed by atoms with van der Waals surface area (Å²) in [6.07, 6.45) is 0. The number of nitrogens with one attached hydrogen (secondary N) is 1. The van der Waals surface area contributed by atoms with Crippen molar-refractivity contribution in [3.8, 4) is 0 Å². The van der Waals surface area contributed by atoms with Gasteiger partial charge in [0.2, 0.25) is 0 Å². The minimum absolute atomic E-state index is 0.113. The highest BCUT2D eigenvalue weighted by molar-refractivity contribution is 9.10. The molecule has 0 spiro atoms. The number of benzene rings is 1. The molecule has 1 aromatic rings. The second kappa shape index (κ2) is 7.30. The quantitative estimate of drug-likeness (QED) is 0.818. The van der Waals surface area contributed by atoms with Crippen LogP contribution >= 0.6 is 27.5 Å². The monoisotopic (exact) mass is 345 g/mol. The van der Waals surface area contributed by atoms with Gasteiger partial charge in [0.05, 0.1) is 10.6 Å². The van der Waals surface area contributed by atoms with Gasteiger partial charge in [0.25, 0.3) is 5.91 Å². The third kappa shape index (κ3) is 4.81. The first-order valence-corrected chi connectivity index (χ1v) is 7.73. The maximum atomic E-state index is 12.2. The zero-order chi connectivity index (χ0) is 14.6. The third-order valence-corrected chi connectivity index (χ3v) is 4.21. The summed E-state index contributed by atoms with van der Waals surface area (Å²) in [6, 6.07) is 5.30. The van der Waals surface area contributed by atoms with E-state index in [9.17, 15) is 4.79 Å². The normalized spacial score (nSPS) is 11.4. The van der Waals surface area contributed by atoms with Crippen LogP contribution in [0.3, 0.4) is 0 Å². The molecule has 0 heterocycles. The molecule has 0 aliphatic carbocycles. The molecule has 0 radical (unpaired) electrons. The molecule has 0 atom stereocenters. The maximum Gasteiger partial charge on any atom is 0.252 e. The number of carbonyl (C=O) groups excluding carboxylic acids is 1. The van der Waals surface area contributed by atoms with E-state index in [1.165, 1.54) is 0 Å². The Morgan fingerprint density at radius 2 is 1.84 bits per heavy atom. The molecular weight excluding hydrogens is 326 g/mol. The topological polar surface area (TPSA) is 29.1 Å². The van der Waals surface area contributed by atoms with Crippen molar-refractivity contribution in [2.75, 3.05) is 6.54 Å². The van der Waals surface area contributed by atoms with Crippen molar-refractivity contribution in [1.29, 1.82) is 0 Å². The molecule has 106 valence electrons. The molecule has 4 heteroatoms. The molecular formula is C15H21BrClNO. The van der Waals surface area contributed by atoms with Gasteiger partial charge in [-0.1, -0.05) is 55.2 Å². The van der Waals surface area contributed by atoms with Crippen LogP contribution in [0.15, 0.2) is 22.7 Å². The number of halogens is 2. The SMILES string of the molecule is CC(C)C(CNC(=O)c1cc(Br)ccc1Cl)C(C)C. The second-order valence-corrected chi connectivity index (χ2v) is 6.81. The highest BCUT2D eigenvalue weighted by Gasteiger charge is 2.19. The van der Waals surface area contributed by atoms with E-state index in [4.69, 9.17) is 11.6 Å². The number of amides is 1. The molecule has 19 heavy (non-hydrogen) atoms. The van der Waals surface area contributed by atoms with Crippen LogP contribution in [0.4, 0.5) is 0 Å². The Labute approximate surface area is 129 Å². The average Bonchev–Trinajstić information content (AvgIpc) is 2.31. The van der Waals surface area contributed by atoms with Crippen molar-refractivity contribution in [3.05, 3.63) is 33.3 Å². The molecule has 1 aromatic carbocycles. The van der Waals surface area contributed by atoms with Gasteiger partial charge in [-0.2, -0.15) is 0 Å². The summed E-state index contributed by atoms with van der Waals surface area (Å²) in [6.45, 7) is 9.41. The van der Waals surface area contributed by atoms with Gasteiger partial charge in [-0.3, -0.25) is 4.79 Å². The molecule has 0 aliphatic rings. The van der Waals surface area contributed by atoms with Gasteiger partial charge in [-0.05, 0) is 36.0 Å². The molecule has 1 amide bonds. The van der Waals surface area contributed by atoms with E-state index in [-0.39, 0.29) is 5.91 Å². The summed E-state index contributed by atoms with van der Waals surface area (Å²) in [5.41, 5.74) is 0.516. The Morgan fingerprint density at radius 1 is 1.26 bits per heavy atom. The minimum Gasteiger partial charge on any atom is -0.352 e. The van der Waals surface area contributed by atoms with Gasteiger partial charge in [-0.15, -0.1) is 0 Å². The van der Waals surface area contributed by atoms with Crippen LogP contribution in [0, 0.1) is 17.8 Å². The predicted molar refractivity (Wildman–Crippen MR) is 84.7 cm³/mol. The molecule has 1 N–H and O–H groups in total. The van der Waals surface area contributed by atoms with Gasteiger partial charge < -0.3 is 5.32 Å². The maximum absolute atomic E-state index is 12.2. The fourth-order valence-corrected chi connectivity index (χ4v) is 2.78. The zero-order valence-corrected chi connectivity index (χ0v) is 14.2. The van der Waals surface area contributed by atoms with Gasteiger partial charge in [0.15, 0.2) is 0 Å². The standard InChI is InChI=1S/C15H21BrClNO/c1-9(2)13(10(3)4)8-18-15(19)12-7-11(16)5-6-14(12)17/h5-7,9-10,13H,8H2,1-4H3,(H,18,19). The van der Waals surface area contributed by atoms with Crippen molar-refractivity contribution in [2.45, 2.75) is 27.7 Å². The predicted octanol–water partition coefficient (Wildman–Crippen LogP) is 4.76. The third-order valence-electron chi connectivity index (χ3n) is 3.38. The van der Waals surface area contributed by atoms with E-state index >= 15 is 0 Å².